The Morgan fingerprint density at radius 3 is 2.39 bits per heavy atom. The van der Waals surface area contributed by atoms with Crippen molar-refractivity contribution in [1.82, 2.24) is 14.5 Å². The van der Waals surface area contributed by atoms with Gasteiger partial charge in [-0.2, -0.15) is 13.2 Å². The van der Waals surface area contributed by atoms with Crippen LogP contribution in [0.25, 0.3) is 0 Å². The molecule has 154 valence electrons. The fourth-order valence-corrected chi connectivity index (χ4v) is 2.88. The van der Waals surface area contributed by atoms with Gasteiger partial charge in [-0.3, -0.25) is 19.2 Å². The molecular weight excluding hydrogens is 375 g/mol. The summed E-state index contributed by atoms with van der Waals surface area (Å²) in [7, 11) is 2.71. The molecule has 0 atom stereocenters. The molecule has 1 heterocycles. The zero-order valence-electron chi connectivity index (χ0n) is 16.0. The first-order valence-corrected chi connectivity index (χ1v) is 8.75. The van der Waals surface area contributed by atoms with E-state index in [1.54, 1.807) is 0 Å². The van der Waals surface area contributed by atoms with E-state index in [0.29, 0.717) is 6.54 Å². The standard InChI is InChI=1S/C18H24F3N5O2/c1-4-9-23-11-26(10-12-7-5-6-8-13(12)18(19,20)21)14-15(22)24(2)17(28)25(3)16(14)27/h5-8,23H,4,9-11,22H2,1-3H3. The minimum absolute atomic E-state index is 0.00334. The van der Waals surface area contributed by atoms with E-state index >= 15 is 0 Å². The van der Waals surface area contributed by atoms with Gasteiger partial charge in [0, 0.05) is 20.6 Å². The Kier molecular flexibility index (Phi) is 6.55. The van der Waals surface area contributed by atoms with Gasteiger partial charge in [-0.05, 0) is 24.6 Å². The normalized spacial score (nSPS) is 11.6. The van der Waals surface area contributed by atoms with Gasteiger partial charge in [-0.15, -0.1) is 0 Å². The Bertz CT molecular complexity index is 950. The molecule has 0 amide bonds. The molecule has 2 aromatic rings. The van der Waals surface area contributed by atoms with Gasteiger partial charge in [0.25, 0.3) is 5.56 Å². The smallest absolute Gasteiger partial charge is 0.383 e. The zero-order chi connectivity index (χ0) is 21.1. The number of nitrogens with two attached hydrogens (primary N) is 1. The van der Waals surface area contributed by atoms with E-state index in [0.717, 1.165) is 21.6 Å². The molecule has 0 saturated heterocycles. The molecule has 0 radical (unpaired) electrons. The molecule has 0 saturated carbocycles. The van der Waals surface area contributed by atoms with Crippen molar-refractivity contribution in [2.75, 3.05) is 23.8 Å². The highest BCUT2D eigenvalue weighted by Crippen LogP contribution is 2.33. The van der Waals surface area contributed by atoms with Crippen molar-refractivity contribution in [3.63, 3.8) is 0 Å². The Balaban J connectivity index is 2.58. The fourth-order valence-electron chi connectivity index (χ4n) is 2.88. The second-order valence-electron chi connectivity index (χ2n) is 6.45. The summed E-state index contributed by atoms with van der Waals surface area (Å²) in [6.07, 6.45) is -3.73. The van der Waals surface area contributed by atoms with Crippen LogP contribution in [-0.2, 0) is 26.8 Å². The molecule has 10 heteroatoms. The number of rotatable bonds is 7. The monoisotopic (exact) mass is 399 g/mol. The summed E-state index contributed by atoms with van der Waals surface area (Å²) in [4.78, 5) is 26.2. The summed E-state index contributed by atoms with van der Waals surface area (Å²) in [5.74, 6) is -0.101. The fraction of sp³-hybridized carbons (Fsp3) is 0.444. The molecule has 0 aliphatic heterocycles. The molecule has 0 aliphatic carbocycles. The third-order valence-electron chi connectivity index (χ3n) is 4.41. The van der Waals surface area contributed by atoms with Gasteiger partial charge in [-0.25, -0.2) is 4.79 Å². The van der Waals surface area contributed by atoms with Crippen molar-refractivity contribution in [2.45, 2.75) is 26.1 Å². The quantitative estimate of drug-likeness (QED) is 0.546. The van der Waals surface area contributed by atoms with Gasteiger partial charge in [0.1, 0.15) is 11.5 Å². The second kappa shape index (κ2) is 8.51. The van der Waals surface area contributed by atoms with E-state index in [1.165, 1.54) is 37.2 Å². The van der Waals surface area contributed by atoms with Crippen LogP contribution in [0.3, 0.4) is 0 Å². The topological polar surface area (TPSA) is 85.3 Å². The number of nitrogens with one attached hydrogen (secondary N) is 1. The zero-order valence-corrected chi connectivity index (χ0v) is 16.0. The van der Waals surface area contributed by atoms with E-state index in [2.05, 4.69) is 5.32 Å². The third kappa shape index (κ3) is 4.38. The first-order chi connectivity index (χ1) is 13.1. The molecule has 7 nitrogen and oxygen atoms in total. The van der Waals surface area contributed by atoms with Crippen molar-refractivity contribution >= 4 is 11.5 Å². The van der Waals surface area contributed by atoms with Crippen molar-refractivity contribution < 1.29 is 13.2 Å². The molecule has 0 unspecified atom stereocenters. The van der Waals surface area contributed by atoms with Gasteiger partial charge in [0.05, 0.1) is 12.2 Å². The van der Waals surface area contributed by atoms with Crippen molar-refractivity contribution in [3.05, 3.63) is 56.2 Å². The summed E-state index contributed by atoms with van der Waals surface area (Å²) in [6, 6.07) is 5.17. The molecule has 0 spiro atoms. The Morgan fingerprint density at radius 2 is 1.79 bits per heavy atom. The molecule has 1 aromatic heterocycles. The van der Waals surface area contributed by atoms with E-state index in [1.807, 2.05) is 6.92 Å². The number of hydrogen-bond acceptors (Lipinski definition) is 5. The van der Waals surface area contributed by atoms with Crippen LogP contribution >= 0.6 is 0 Å². The second-order valence-corrected chi connectivity index (χ2v) is 6.45. The van der Waals surface area contributed by atoms with Crippen LogP contribution in [-0.4, -0.2) is 22.3 Å². The first kappa shape index (κ1) is 21.5. The van der Waals surface area contributed by atoms with Crippen LogP contribution in [0.4, 0.5) is 24.7 Å². The van der Waals surface area contributed by atoms with Crippen LogP contribution in [0.1, 0.15) is 24.5 Å². The number of nitrogen functional groups attached to an aromatic ring is 1. The number of benzene rings is 1. The lowest BCUT2D eigenvalue weighted by Gasteiger charge is -2.28. The number of hydrogen-bond donors (Lipinski definition) is 2. The summed E-state index contributed by atoms with van der Waals surface area (Å²) >= 11 is 0. The minimum atomic E-state index is -4.53. The van der Waals surface area contributed by atoms with Gasteiger partial charge in [-0.1, -0.05) is 25.1 Å². The van der Waals surface area contributed by atoms with Gasteiger partial charge in [0.2, 0.25) is 0 Å². The first-order valence-electron chi connectivity index (χ1n) is 8.75. The van der Waals surface area contributed by atoms with Crippen molar-refractivity contribution in [3.8, 4) is 0 Å². The molecular formula is C18H24F3N5O2. The average molecular weight is 399 g/mol. The highest BCUT2D eigenvalue weighted by molar-refractivity contribution is 5.62. The predicted molar refractivity (Wildman–Crippen MR) is 102 cm³/mol. The summed E-state index contributed by atoms with van der Waals surface area (Å²) in [6.45, 7) is 2.43. The highest BCUT2D eigenvalue weighted by atomic mass is 19.4. The van der Waals surface area contributed by atoms with Crippen LogP contribution < -0.4 is 27.2 Å². The maximum atomic E-state index is 13.4. The Morgan fingerprint density at radius 1 is 1.14 bits per heavy atom. The number of anilines is 2. The van der Waals surface area contributed by atoms with Crippen molar-refractivity contribution in [1.29, 1.82) is 0 Å². The van der Waals surface area contributed by atoms with E-state index in [9.17, 15) is 22.8 Å². The predicted octanol–water partition coefficient (Wildman–Crippen LogP) is 1.65. The Hall–Kier alpha value is -2.75. The Labute approximate surface area is 160 Å². The maximum absolute atomic E-state index is 13.4. The lowest BCUT2D eigenvalue weighted by Crippen LogP contribution is -2.45. The maximum Gasteiger partial charge on any atom is 0.416 e. The van der Waals surface area contributed by atoms with Crippen molar-refractivity contribution in [2.24, 2.45) is 14.1 Å². The van der Waals surface area contributed by atoms with Crippen LogP contribution in [0.5, 0.6) is 0 Å². The molecule has 1 aromatic carbocycles. The average Bonchev–Trinajstić information content (AvgIpc) is 2.64. The largest absolute Gasteiger partial charge is 0.416 e. The van der Waals surface area contributed by atoms with Crippen LogP contribution in [0, 0.1) is 0 Å². The van der Waals surface area contributed by atoms with Crippen LogP contribution in [0.15, 0.2) is 33.9 Å². The summed E-state index contributed by atoms with van der Waals surface area (Å²) in [5.41, 5.74) is 3.92. The molecule has 2 rings (SSSR count). The van der Waals surface area contributed by atoms with Crippen LogP contribution in [0.2, 0.25) is 0 Å². The number of aromatic nitrogens is 2. The molecule has 3 N–H and O–H groups in total. The number of halogens is 3. The summed E-state index contributed by atoms with van der Waals surface area (Å²) < 4.78 is 42.1. The lowest BCUT2D eigenvalue weighted by molar-refractivity contribution is -0.138. The molecule has 0 aliphatic rings. The van der Waals surface area contributed by atoms with Gasteiger partial charge >= 0.3 is 11.9 Å². The molecule has 0 fully saturated rings. The van der Waals surface area contributed by atoms with E-state index in [-0.39, 0.29) is 30.3 Å². The third-order valence-corrected chi connectivity index (χ3v) is 4.41. The SMILES string of the molecule is CCCNCN(Cc1ccccc1C(F)(F)F)c1c(N)n(C)c(=O)n(C)c1=O. The molecule has 28 heavy (non-hydrogen) atoms. The summed E-state index contributed by atoms with van der Waals surface area (Å²) in [5, 5.41) is 3.07. The van der Waals surface area contributed by atoms with E-state index < -0.39 is 23.0 Å². The number of nitrogens with zero attached hydrogens (tertiary/aromatic N) is 3. The highest BCUT2D eigenvalue weighted by Gasteiger charge is 2.33. The van der Waals surface area contributed by atoms with Gasteiger partial charge < -0.3 is 10.6 Å². The molecule has 0 bridgehead atoms. The number of alkyl halides is 3. The minimum Gasteiger partial charge on any atom is -0.383 e. The lowest BCUT2D eigenvalue weighted by atomic mass is 10.1. The van der Waals surface area contributed by atoms with E-state index in [4.69, 9.17) is 5.73 Å². The van der Waals surface area contributed by atoms with Gasteiger partial charge in [0.15, 0.2) is 0 Å².